The highest BCUT2D eigenvalue weighted by molar-refractivity contribution is 7.13. The zero-order valence-corrected chi connectivity index (χ0v) is 15.7. The van der Waals surface area contributed by atoms with E-state index in [0.29, 0.717) is 40.0 Å². The molecule has 134 valence electrons. The second-order valence-electron chi connectivity index (χ2n) is 6.40. The topological polar surface area (TPSA) is 88.2 Å². The first kappa shape index (κ1) is 18.6. The van der Waals surface area contributed by atoms with Gasteiger partial charge in [-0.3, -0.25) is 4.79 Å². The first-order chi connectivity index (χ1) is 11.9. The Bertz CT molecular complexity index is 756. The van der Waals surface area contributed by atoms with Gasteiger partial charge in [0.25, 0.3) is 0 Å². The van der Waals surface area contributed by atoms with Gasteiger partial charge in [0.15, 0.2) is 5.13 Å². The Kier molecular flexibility index (Phi) is 5.65. The smallest absolute Gasteiger partial charge is 0.233 e. The fourth-order valence-electron chi connectivity index (χ4n) is 3.27. The minimum Gasteiger partial charge on any atom is -0.391 e. The molecule has 1 saturated carbocycles. The minimum atomic E-state index is -0.795. The number of aliphatic hydroxyl groups excluding tert-OH is 1. The number of halogens is 2. The summed E-state index contributed by atoms with van der Waals surface area (Å²) in [7, 11) is 0. The summed E-state index contributed by atoms with van der Waals surface area (Å²) >= 11 is 13.5. The van der Waals surface area contributed by atoms with Crippen molar-refractivity contribution in [2.75, 3.05) is 5.32 Å². The summed E-state index contributed by atoms with van der Waals surface area (Å²) in [4.78, 5) is 17.0. The number of rotatable bonds is 5. The number of anilines is 1. The Hall–Kier alpha value is -1.18. The van der Waals surface area contributed by atoms with Crippen LogP contribution in [0.3, 0.4) is 0 Å². The van der Waals surface area contributed by atoms with E-state index in [1.807, 2.05) is 0 Å². The molecular weight excluding hydrogens is 381 g/mol. The van der Waals surface area contributed by atoms with Crippen LogP contribution in [0.15, 0.2) is 29.8 Å². The molecule has 5 nitrogen and oxygen atoms in total. The first-order valence-corrected chi connectivity index (χ1v) is 9.65. The molecule has 0 radical (unpaired) electrons. The van der Waals surface area contributed by atoms with E-state index in [4.69, 9.17) is 28.9 Å². The lowest BCUT2D eigenvalue weighted by Crippen LogP contribution is -2.49. The Balaban J connectivity index is 1.89. The molecule has 0 saturated heterocycles. The molecule has 1 fully saturated rings. The van der Waals surface area contributed by atoms with E-state index in [-0.39, 0.29) is 5.91 Å². The molecule has 0 bridgehead atoms. The van der Waals surface area contributed by atoms with Gasteiger partial charge in [0.2, 0.25) is 5.91 Å². The van der Waals surface area contributed by atoms with Gasteiger partial charge in [0, 0.05) is 17.1 Å². The molecule has 0 spiro atoms. The van der Waals surface area contributed by atoms with Crippen LogP contribution in [0.2, 0.25) is 10.0 Å². The summed E-state index contributed by atoms with van der Waals surface area (Å²) in [5, 5.41) is 16.2. The quantitative estimate of drug-likeness (QED) is 0.712. The molecule has 1 aliphatic carbocycles. The number of hydrogen-bond acceptors (Lipinski definition) is 5. The van der Waals surface area contributed by atoms with Crippen molar-refractivity contribution in [3.63, 3.8) is 0 Å². The maximum absolute atomic E-state index is 12.9. The second kappa shape index (κ2) is 7.60. The maximum Gasteiger partial charge on any atom is 0.233 e. The molecule has 8 heteroatoms. The predicted molar refractivity (Wildman–Crippen MR) is 101 cm³/mol. The van der Waals surface area contributed by atoms with Gasteiger partial charge >= 0.3 is 0 Å². The number of thiazole rings is 1. The maximum atomic E-state index is 12.9. The van der Waals surface area contributed by atoms with Crippen LogP contribution < -0.4 is 11.1 Å². The molecule has 3 rings (SSSR count). The number of aromatic nitrogens is 1. The van der Waals surface area contributed by atoms with E-state index < -0.39 is 17.6 Å². The highest BCUT2D eigenvalue weighted by atomic mass is 35.5. The number of benzene rings is 1. The fourth-order valence-corrected chi connectivity index (χ4v) is 4.10. The summed E-state index contributed by atoms with van der Waals surface area (Å²) in [6.45, 7) is 0. The molecule has 4 N–H and O–H groups in total. The molecule has 3 unspecified atom stereocenters. The van der Waals surface area contributed by atoms with Crippen LogP contribution >= 0.6 is 34.5 Å². The van der Waals surface area contributed by atoms with Crippen LogP contribution in [0.1, 0.15) is 37.2 Å². The van der Waals surface area contributed by atoms with Crippen molar-refractivity contribution in [3.8, 4) is 0 Å². The predicted octanol–water partition coefficient (Wildman–Crippen LogP) is 3.80. The third-order valence-corrected chi connectivity index (χ3v) is 6.12. The van der Waals surface area contributed by atoms with Crippen LogP contribution in [0.4, 0.5) is 5.13 Å². The second-order valence-corrected chi connectivity index (χ2v) is 8.11. The number of amides is 1. The van der Waals surface area contributed by atoms with Crippen molar-refractivity contribution in [1.82, 2.24) is 4.98 Å². The van der Waals surface area contributed by atoms with Gasteiger partial charge in [-0.25, -0.2) is 4.98 Å². The number of carbonyl (C=O) groups excluding carboxylic acids is 1. The number of nitrogens with two attached hydrogens (primary N) is 1. The summed E-state index contributed by atoms with van der Waals surface area (Å²) in [6, 6.07) is 5.11. The molecule has 1 amide bonds. The molecule has 1 aromatic heterocycles. The SMILES string of the molecule is NC1(CC(C(=O)Nc2nccs2)c2ccc(Cl)c(Cl)c2)CCCC1O. The van der Waals surface area contributed by atoms with E-state index in [2.05, 4.69) is 10.3 Å². The fraction of sp³-hybridized carbons (Fsp3) is 0.412. The molecule has 1 aliphatic rings. The van der Waals surface area contributed by atoms with Crippen LogP contribution in [0.5, 0.6) is 0 Å². The molecule has 1 aromatic carbocycles. The van der Waals surface area contributed by atoms with Gasteiger partial charge in [-0.15, -0.1) is 11.3 Å². The van der Waals surface area contributed by atoms with Crippen molar-refractivity contribution in [1.29, 1.82) is 0 Å². The average molecular weight is 400 g/mol. The number of carbonyl (C=O) groups is 1. The van der Waals surface area contributed by atoms with Crippen molar-refractivity contribution >= 4 is 45.6 Å². The van der Waals surface area contributed by atoms with Crippen LogP contribution in [-0.2, 0) is 4.79 Å². The lowest BCUT2D eigenvalue weighted by molar-refractivity contribution is -0.118. The van der Waals surface area contributed by atoms with Crippen molar-refractivity contribution in [3.05, 3.63) is 45.4 Å². The third-order valence-electron chi connectivity index (χ3n) is 4.69. The lowest BCUT2D eigenvalue weighted by atomic mass is 9.81. The van der Waals surface area contributed by atoms with Gasteiger partial charge in [-0.2, -0.15) is 0 Å². The number of hydrogen-bond donors (Lipinski definition) is 3. The summed E-state index contributed by atoms with van der Waals surface area (Å²) in [5.41, 5.74) is 6.34. The van der Waals surface area contributed by atoms with Gasteiger partial charge in [-0.1, -0.05) is 29.3 Å². The minimum absolute atomic E-state index is 0.225. The van der Waals surface area contributed by atoms with E-state index >= 15 is 0 Å². The highest BCUT2D eigenvalue weighted by Gasteiger charge is 2.42. The number of nitrogens with zero attached hydrogens (tertiary/aromatic N) is 1. The number of aliphatic hydroxyl groups is 1. The normalized spacial score (nSPS) is 24.2. The van der Waals surface area contributed by atoms with Crippen LogP contribution in [0.25, 0.3) is 0 Å². The van der Waals surface area contributed by atoms with Gasteiger partial charge in [0.1, 0.15) is 0 Å². The lowest BCUT2D eigenvalue weighted by Gasteiger charge is -2.32. The Morgan fingerprint density at radius 2 is 2.28 bits per heavy atom. The number of nitrogens with one attached hydrogen (secondary N) is 1. The summed E-state index contributed by atoms with van der Waals surface area (Å²) in [5.74, 6) is -0.784. The zero-order chi connectivity index (χ0) is 18.0. The first-order valence-electron chi connectivity index (χ1n) is 8.01. The van der Waals surface area contributed by atoms with Gasteiger partial charge in [0.05, 0.1) is 22.1 Å². The molecule has 1 heterocycles. The van der Waals surface area contributed by atoms with Crippen LogP contribution in [0, 0.1) is 0 Å². The van der Waals surface area contributed by atoms with Crippen molar-refractivity contribution in [2.45, 2.75) is 43.2 Å². The third kappa shape index (κ3) is 4.15. The Morgan fingerprint density at radius 3 is 2.88 bits per heavy atom. The molecule has 25 heavy (non-hydrogen) atoms. The van der Waals surface area contributed by atoms with Crippen molar-refractivity contribution < 1.29 is 9.90 Å². The zero-order valence-electron chi connectivity index (χ0n) is 13.4. The Morgan fingerprint density at radius 1 is 1.48 bits per heavy atom. The van der Waals surface area contributed by atoms with E-state index in [1.54, 1.807) is 29.8 Å². The Labute approximate surface area is 160 Å². The molecule has 3 atom stereocenters. The monoisotopic (exact) mass is 399 g/mol. The molecule has 2 aromatic rings. The van der Waals surface area contributed by atoms with Crippen LogP contribution in [-0.4, -0.2) is 27.6 Å². The average Bonchev–Trinajstić information content (AvgIpc) is 3.19. The van der Waals surface area contributed by atoms with Crippen molar-refractivity contribution in [2.24, 2.45) is 5.73 Å². The molecule has 0 aliphatic heterocycles. The van der Waals surface area contributed by atoms with E-state index in [9.17, 15) is 9.90 Å². The summed E-state index contributed by atoms with van der Waals surface area (Å²) in [6.07, 6.45) is 3.50. The standard InChI is InChI=1S/C17H19Cl2N3O2S/c18-12-4-3-10(8-13(12)19)11(9-17(20)5-1-2-14(17)23)15(24)22-16-21-6-7-25-16/h3-4,6-8,11,14,23H,1-2,5,9,20H2,(H,21,22,24). The van der Waals surface area contributed by atoms with E-state index in [0.717, 1.165) is 6.42 Å². The molecular formula is C17H19Cl2N3O2S. The highest BCUT2D eigenvalue weighted by Crippen LogP contribution is 2.38. The largest absolute Gasteiger partial charge is 0.391 e. The van der Waals surface area contributed by atoms with E-state index in [1.165, 1.54) is 11.3 Å². The van der Waals surface area contributed by atoms with Gasteiger partial charge < -0.3 is 16.2 Å². The van der Waals surface area contributed by atoms with Gasteiger partial charge in [-0.05, 0) is 43.4 Å². The summed E-state index contributed by atoms with van der Waals surface area (Å²) < 4.78 is 0.